The third-order valence-corrected chi connectivity index (χ3v) is 3.80. The van der Waals surface area contributed by atoms with Gasteiger partial charge in [-0.15, -0.1) is 0 Å². The second-order valence-electron chi connectivity index (χ2n) is 4.53. The lowest BCUT2D eigenvalue weighted by Gasteiger charge is -2.20. The Morgan fingerprint density at radius 2 is 2.38 bits per heavy atom. The molecule has 1 heterocycles. The zero-order valence-electron chi connectivity index (χ0n) is 10.0. The highest BCUT2D eigenvalue weighted by Gasteiger charge is 2.31. The van der Waals surface area contributed by atoms with Gasteiger partial charge >= 0.3 is 0 Å². The van der Waals surface area contributed by atoms with E-state index in [2.05, 4.69) is 22.0 Å². The predicted octanol–water partition coefficient (Wildman–Crippen LogP) is 2.80. The van der Waals surface area contributed by atoms with Gasteiger partial charge in [0.2, 0.25) is 0 Å². The number of rotatable bonds is 4. The molecule has 2 unspecified atom stereocenters. The summed E-state index contributed by atoms with van der Waals surface area (Å²) in [5.74, 6) is 0.534. The molecule has 0 bridgehead atoms. The van der Waals surface area contributed by atoms with Gasteiger partial charge in [-0.3, -0.25) is 4.68 Å². The van der Waals surface area contributed by atoms with Crippen LogP contribution in [0.15, 0.2) is 6.20 Å². The SMILES string of the molecule is CCCn1ncc(Cl)c1C1CCCC1NC. The van der Waals surface area contributed by atoms with Crippen LogP contribution in [0.25, 0.3) is 0 Å². The number of halogens is 1. The van der Waals surface area contributed by atoms with Crippen molar-refractivity contribution >= 4 is 11.6 Å². The van der Waals surface area contributed by atoms with Crippen molar-refractivity contribution in [3.05, 3.63) is 16.9 Å². The van der Waals surface area contributed by atoms with E-state index in [4.69, 9.17) is 11.6 Å². The van der Waals surface area contributed by atoms with Gasteiger partial charge in [-0.25, -0.2) is 0 Å². The molecule has 0 aromatic carbocycles. The second-order valence-corrected chi connectivity index (χ2v) is 4.94. The molecule has 0 amide bonds. The van der Waals surface area contributed by atoms with Crippen LogP contribution >= 0.6 is 11.6 Å². The molecule has 0 spiro atoms. The maximum Gasteiger partial charge on any atom is 0.0821 e. The van der Waals surface area contributed by atoms with E-state index in [1.54, 1.807) is 6.20 Å². The number of nitrogens with one attached hydrogen (secondary N) is 1. The van der Waals surface area contributed by atoms with E-state index in [0.717, 1.165) is 18.0 Å². The summed E-state index contributed by atoms with van der Waals surface area (Å²) in [7, 11) is 2.04. The van der Waals surface area contributed by atoms with Gasteiger partial charge < -0.3 is 5.32 Å². The van der Waals surface area contributed by atoms with E-state index in [1.807, 2.05) is 7.05 Å². The fraction of sp³-hybridized carbons (Fsp3) is 0.750. The van der Waals surface area contributed by atoms with Gasteiger partial charge in [-0.1, -0.05) is 24.9 Å². The van der Waals surface area contributed by atoms with Crippen LogP contribution in [0, 0.1) is 0 Å². The topological polar surface area (TPSA) is 29.9 Å². The van der Waals surface area contributed by atoms with Crippen LogP contribution in [0.3, 0.4) is 0 Å². The van der Waals surface area contributed by atoms with Crippen molar-refractivity contribution in [2.75, 3.05) is 7.05 Å². The monoisotopic (exact) mass is 241 g/mol. The molecule has 0 radical (unpaired) electrons. The van der Waals surface area contributed by atoms with Crippen molar-refractivity contribution in [1.82, 2.24) is 15.1 Å². The Labute approximate surface area is 102 Å². The van der Waals surface area contributed by atoms with Crippen molar-refractivity contribution in [2.45, 2.75) is 51.1 Å². The molecule has 1 aliphatic rings. The molecule has 2 atom stereocenters. The lowest BCUT2D eigenvalue weighted by Crippen LogP contribution is -2.29. The first-order valence-corrected chi connectivity index (χ1v) is 6.54. The van der Waals surface area contributed by atoms with Gasteiger partial charge in [-0.2, -0.15) is 5.10 Å². The van der Waals surface area contributed by atoms with E-state index in [0.29, 0.717) is 12.0 Å². The summed E-state index contributed by atoms with van der Waals surface area (Å²) in [6.45, 7) is 3.14. The van der Waals surface area contributed by atoms with E-state index in [-0.39, 0.29) is 0 Å². The number of likely N-dealkylation sites (N-methyl/N-ethyl adjacent to an activating group) is 1. The Hall–Kier alpha value is -0.540. The Morgan fingerprint density at radius 3 is 3.06 bits per heavy atom. The summed E-state index contributed by atoms with van der Waals surface area (Å²) in [5, 5.41) is 8.61. The Kier molecular flexibility index (Phi) is 3.87. The molecular formula is C12H20ClN3. The number of hydrogen-bond donors (Lipinski definition) is 1. The summed E-state index contributed by atoms with van der Waals surface area (Å²) in [5.41, 5.74) is 1.24. The summed E-state index contributed by atoms with van der Waals surface area (Å²) < 4.78 is 2.09. The first-order valence-electron chi connectivity index (χ1n) is 6.16. The highest BCUT2D eigenvalue weighted by atomic mass is 35.5. The van der Waals surface area contributed by atoms with Crippen molar-refractivity contribution in [3.8, 4) is 0 Å². The minimum absolute atomic E-state index is 0.534. The van der Waals surface area contributed by atoms with Gasteiger partial charge in [0.1, 0.15) is 0 Å². The summed E-state index contributed by atoms with van der Waals surface area (Å²) >= 11 is 6.27. The minimum Gasteiger partial charge on any atom is -0.316 e. The summed E-state index contributed by atoms with van der Waals surface area (Å²) in [4.78, 5) is 0. The third-order valence-electron chi connectivity index (χ3n) is 3.51. The molecule has 3 nitrogen and oxygen atoms in total. The maximum atomic E-state index is 6.27. The molecule has 16 heavy (non-hydrogen) atoms. The quantitative estimate of drug-likeness (QED) is 0.879. The molecule has 4 heteroatoms. The lowest BCUT2D eigenvalue weighted by molar-refractivity contribution is 0.472. The van der Waals surface area contributed by atoms with Crippen molar-refractivity contribution in [3.63, 3.8) is 0 Å². The standard InChI is InChI=1S/C12H20ClN3/c1-3-7-16-12(10(13)8-15-16)9-5-4-6-11(9)14-2/h8-9,11,14H,3-7H2,1-2H3. The smallest absolute Gasteiger partial charge is 0.0821 e. The fourth-order valence-corrected chi connectivity index (χ4v) is 3.04. The lowest BCUT2D eigenvalue weighted by atomic mass is 9.99. The minimum atomic E-state index is 0.534. The van der Waals surface area contributed by atoms with Crippen LogP contribution in [0.5, 0.6) is 0 Å². The molecule has 0 saturated heterocycles. The van der Waals surface area contributed by atoms with Crippen molar-refractivity contribution in [2.24, 2.45) is 0 Å². The second kappa shape index (κ2) is 5.19. The summed E-state index contributed by atoms with van der Waals surface area (Å²) in [6.07, 6.45) is 6.64. The van der Waals surface area contributed by atoms with Crippen LogP contribution in [-0.4, -0.2) is 22.9 Å². The molecule has 1 saturated carbocycles. The van der Waals surface area contributed by atoms with Gasteiger partial charge in [0.05, 0.1) is 16.9 Å². The number of nitrogens with zero attached hydrogens (tertiary/aromatic N) is 2. The maximum absolute atomic E-state index is 6.27. The van der Waals surface area contributed by atoms with Gasteiger partial charge in [-0.05, 0) is 26.3 Å². The molecule has 1 aromatic rings. The Morgan fingerprint density at radius 1 is 1.56 bits per heavy atom. The van der Waals surface area contributed by atoms with E-state index < -0.39 is 0 Å². The average Bonchev–Trinajstić information content (AvgIpc) is 2.85. The average molecular weight is 242 g/mol. The van der Waals surface area contributed by atoms with Crippen LogP contribution in [0.4, 0.5) is 0 Å². The van der Waals surface area contributed by atoms with E-state index in [1.165, 1.54) is 25.0 Å². The normalized spacial score (nSPS) is 25.2. The molecule has 1 aliphatic carbocycles. The van der Waals surface area contributed by atoms with Crippen molar-refractivity contribution < 1.29 is 0 Å². The molecule has 0 aliphatic heterocycles. The molecule has 1 N–H and O–H groups in total. The number of aromatic nitrogens is 2. The van der Waals surface area contributed by atoms with Crippen LogP contribution in [0.1, 0.15) is 44.2 Å². The highest BCUT2D eigenvalue weighted by Crippen LogP contribution is 2.37. The van der Waals surface area contributed by atoms with E-state index in [9.17, 15) is 0 Å². The third kappa shape index (κ3) is 2.11. The van der Waals surface area contributed by atoms with Crippen LogP contribution in [-0.2, 0) is 6.54 Å². The first kappa shape index (κ1) is 11.9. The van der Waals surface area contributed by atoms with Crippen LogP contribution in [0.2, 0.25) is 5.02 Å². The Bertz CT molecular complexity index is 348. The van der Waals surface area contributed by atoms with Gasteiger partial charge in [0, 0.05) is 18.5 Å². The first-order chi connectivity index (χ1) is 7.77. The van der Waals surface area contributed by atoms with Gasteiger partial charge in [0.25, 0.3) is 0 Å². The summed E-state index contributed by atoms with van der Waals surface area (Å²) in [6, 6.07) is 0.560. The molecule has 2 rings (SSSR count). The van der Waals surface area contributed by atoms with Crippen molar-refractivity contribution in [1.29, 1.82) is 0 Å². The zero-order valence-corrected chi connectivity index (χ0v) is 10.8. The van der Waals surface area contributed by atoms with Crippen LogP contribution < -0.4 is 5.32 Å². The molecule has 1 aromatic heterocycles. The highest BCUT2D eigenvalue weighted by molar-refractivity contribution is 6.31. The largest absolute Gasteiger partial charge is 0.316 e. The predicted molar refractivity (Wildman–Crippen MR) is 67.0 cm³/mol. The molecule has 1 fully saturated rings. The molecular weight excluding hydrogens is 222 g/mol. The number of aryl methyl sites for hydroxylation is 1. The van der Waals surface area contributed by atoms with E-state index >= 15 is 0 Å². The van der Waals surface area contributed by atoms with Gasteiger partial charge in [0.15, 0.2) is 0 Å². The Balaban J connectivity index is 2.27. The zero-order chi connectivity index (χ0) is 11.5. The number of hydrogen-bond acceptors (Lipinski definition) is 2. The fourth-order valence-electron chi connectivity index (χ4n) is 2.76. The molecule has 90 valence electrons.